The van der Waals surface area contributed by atoms with E-state index in [9.17, 15) is 0 Å². The van der Waals surface area contributed by atoms with Crippen LogP contribution in [0.2, 0.25) is 0 Å². The first kappa shape index (κ1) is 8.74. The standard InChI is InChI=1S/C8H12N6/c1-14-8(6-12-13-14)11-3-2-7-9-4-5-10-7/h4-6,11H,2-3H2,1H3,(H,9,10). The lowest BCUT2D eigenvalue weighted by atomic mass is 10.4. The molecule has 14 heavy (non-hydrogen) atoms. The lowest BCUT2D eigenvalue weighted by Gasteiger charge is -2.03. The van der Waals surface area contributed by atoms with E-state index in [0.29, 0.717) is 0 Å². The molecule has 2 aromatic rings. The summed E-state index contributed by atoms with van der Waals surface area (Å²) in [5, 5.41) is 10.8. The third-order valence-electron chi connectivity index (χ3n) is 1.94. The Morgan fingerprint density at radius 1 is 1.57 bits per heavy atom. The van der Waals surface area contributed by atoms with E-state index in [1.54, 1.807) is 17.1 Å². The molecule has 0 saturated heterocycles. The van der Waals surface area contributed by atoms with E-state index in [2.05, 4.69) is 25.6 Å². The molecule has 2 rings (SSSR count). The van der Waals surface area contributed by atoms with Gasteiger partial charge in [0.1, 0.15) is 11.6 Å². The number of aromatic nitrogens is 5. The van der Waals surface area contributed by atoms with Crippen molar-refractivity contribution in [2.75, 3.05) is 11.9 Å². The highest BCUT2D eigenvalue weighted by Gasteiger charge is 1.98. The first-order valence-corrected chi connectivity index (χ1v) is 4.43. The number of rotatable bonds is 4. The smallest absolute Gasteiger partial charge is 0.144 e. The average molecular weight is 192 g/mol. The highest BCUT2D eigenvalue weighted by molar-refractivity contribution is 5.30. The zero-order valence-electron chi connectivity index (χ0n) is 7.94. The van der Waals surface area contributed by atoms with E-state index in [1.165, 1.54) is 0 Å². The lowest BCUT2D eigenvalue weighted by molar-refractivity contribution is 0.716. The molecule has 74 valence electrons. The number of anilines is 1. The molecule has 0 spiro atoms. The quantitative estimate of drug-likeness (QED) is 0.725. The third-order valence-corrected chi connectivity index (χ3v) is 1.94. The number of nitrogens with one attached hydrogen (secondary N) is 2. The van der Waals surface area contributed by atoms with Crippen molar-refractivity contribution in [1.82, 2.24) is 25.0 Å². The lowest BCUT2D eigenvalue weighted by Crippen LogP contribution is -2.09. The van der Waals surface area contributed by atoms with Crippen molar-refractivity contribution in [3.63, 3.8) is 0 Å². The number of H-pyrrole nitrogens is 1. The van der Waals surface area contributed by atoms with Crippen molar-refractivity contribution in [1.29, 1.82) is 0 Å². The molecule has 2 N–H and O–H groups in total. The minimum Gasteiger partial charge on any atom is -0.369 e. The molecule has 0 unspecified atom stereocenters. The van der Waals surface area contributed by atoms with Gasteiger partial charge in [0.05, 0.1) is 6.20 Å². The molecule has 0 bridgehead atoms. The van der Waals surface area contributed by atoms with E-state index in [-0.39, 0.29) is 0 Å². The zero-order valence-corrected chi connectivity index (χ0v) is 7.94. The molecule has 0 fully saturated rings. The van der Waals surface area contributed by atoms with Crippen LogP contribution in [-0.4, -0.2) is 31.5 Å². The topological polar surface area (TPSA) is 71.4 Å². The summed E-state index contributed by atoms with van der Waals surface area (Å²) in [6.45, 7) is 0.814. The Kier molecular flexibility index (Phi) is 2.44. The molecular weight excluding hydrogens is 180 g/mol. The molecule has 6 nitrogen and oxygen atoms in total. The molecule has 0 aromatic carbocycles. The number of hydrogen-bond acceptors (Lipinski definition) is 4. The number of imidazole rings is 1. The van der Waals surface area contributed by atoms with Crippen LogP contribution in [0.4, 0.5) is 5.82 Å². The van der Waals surface area contributed by atoms with Crippen LogP contribution in [0.5, 0.6) is 0 Å². The molecule has 0 radical (unpaired) electrons. The monoisotopic (exact) mass is 192 g/mol. The van der Waals surface area contributed by atoms with Crippen molar-refractivity contribution < 1.29 is 0 Å². The predicted octanol–water partition coefficient (Wildman–Crippen LogP) is 0.193. The molecule has 0 saturated carbocycles. The fourth-order valence-corrected chi connectivity index (χ4v) is 1.19. The maximum Gasteiger partial charge on any atom is 0.144 e. The van der Waals surface area contributed by atoms with Gasteiger partial charge in [-0.15, -0.1) is 5.10 Å². The van der Waals surface area contributed by atoms with Crippen LogP contribution in [0.15, 0.2) is 18.6 Å². The summed E-state index contributed by atoms with van der Waals surface area (Å²) in [5.41, 5.74) is 0. The maximum atomic E-state index is 4.12. The molecule has 2 heterocycles. The van der Waals surface area contributed by atoms with Crippen molar-refractivity contribution in [2.24, 2.45) is 7.05 Å². The van der Waals surface area contributed by atoms with Gasteiger partial charge in [0.2, 0.25) is 0 Å². The van der Waals surface area contributed by atoms with Gasteiger partial charge in [-0.2, -0.15) is 0 Å². The summed E-state index contributed by atoms with van der Waals surface area (Å²) >= 11 is 0. The van der Waals surface area contributed by atoms with Gasteiger partial charge in [-0.25, -0.2) is 9.67 Å². The first-order chi connectivity index (χ1) is 6.86. The number of aryl methyl sites for hydroxylation is 1. The van der Waals surface area contributed by atoms with Crippen LogP contribution in [0.25, 0.3) is 0 Å². The minimum absolute atomic E-state index is 0.814. The SMILES string of the molecule is Cn1nncc1NCCc1ncc[nH]1. The Bertz CT molecular complexity index is 376. The van der Waals surface area contributed by atoms with Gasteiger partial charge in [0, 0.05) is 32.4 Å². The first-order valence-electron chi connectivity index (χ1n) is 4.43. The van der Waals surface area contributed by atoms with Crippen molar-refractivity contribution in [3.05, 3.63) is 24.4 Å². The van der Waals surface area contributed by atoms with Crippen molar-refractivity contribution in [2.45, 2.75) is 6.42 Å². The number of hydrogen-bond donors (Lipinski definition) is 2. The van der Waals surface area contributed by atoms with Crippen LogP contribution in [0.1, 0.15) is 5.82 Å². The average Bonchev–Trinajstić information content (AvgIpc) is 2.78. The van der Waals surface area contributed by atoms with E-state index in [0.717, 1.165) is 24.6 Å². The summed E-state index contributed by atoms with van der Waals surface area (Å²) in [6.07, 6.45) is 6.13. The molecular formula is C8H12N6. The highest BCUT2D eigenvalue weighted by Crippen LogP contribution is 2.00. The van der Waals surface area contributed by atoms with Crippen LogP contribution in [0.3, 0.4) is 0 Å². The summed E-state index contributed by atoms with van der Waals surface area (Å²) in [7, 11) is 1.85. The fraction of sp³-hybridized carbons (Fsp3) is 0.375. The molecule has 2 aromatic heterocycles. The third kappa shape index (κ3) is 1.90. The predicted molar refractivity (Wildman–Crippen MR) is 51.8 cm³/mol. The van der Waals surface area contributed by atoms with Gasteiger partial charge in [-0.1, -0.05) is 5.21 Å². The second-order valence-electron chi connectivity index (χ2n) is 2.96. The summed E-state index contributed by atoms with van der Waals surface area (Å²) in [6, 6.07) is 0. The normalized spacial score (nSPS) is 10.4. The summed E-state index contributed by atoms with van der Waals surface area (Å²) in [5.74, 6) is 1.89. The summed E-state index contributed by atoms with van der Waals surface area (Å²) < 4.78 is 1.70. The van der Waals surface area contributed by atoms with E-state index < -0.39 is 0 Å². The Morgan fingerprint density at radius 3 is 3.14 bits per heavy atom. The van der Waals surface area contributed by atoms with Crippen LogP contribution >= 0.6 is 0 Å². The summed E-state index contributed by atoms with van der Waals surface area (Å²) in [4.78, 5) is 7.17. The molecule has 0 atom stereocenters. The maximum absolute atomic E-state index is 4.12. The number of aromatic amines is 1. The van der Waals surface area contributed by atoms with Gasteiger partial charge >= 0.3 is 0 Å². The van der Waals surface area contributed by atoms with Gasteiger partial charge in [0.25, 0.3) is 0 Å². The second kappa shape index (κ2) is 3.91. The van der Waals surface area contributed by atoms with Gasteiger partial charge < -0.3 is 10.3 Å². The molecule has 0 aliphatic carbocycles. The second-order valence-corrected chi connectivity index (χ2v) is 2.96. The minimum atomic E-state index is 0.814. The molecule has 0 aliphatic heterocycles. The van der Waals surface area contributed by atoms with Gasteiger partial charge in [0.15, 0.2) is 0 Å². The Labute approximate surface area is 81.4 Å². The largest absolute Gasteiger partial charge is 0.369 e. The molecule has 0 amide bonds. The Morgan fingerprint density at radius 2 is 2.50 bits per heavy atom. The van der Waals surface area contributed by atoms with Crippen LogP contribution < -0.4 is 5.32 Å². The van der Waals surface area contributed by atoms with E-state index in [1.807, 2.05) is 13.2 Å². The van der Waals surface area contributed by atoms with E-state index in [4.69, 9.17) is 0 Å². The van der Waals surface area contributed by atoms with Gasteiger partial charge in [-0.05, 0) is 0 Å². The zero-order chi connectivity index (χ0) is 9.80. The van der Waals surface area contributed by atoms with E-state index >= 15 is 0 Å². The van der Waals surface area contributed by atoms with Crippen molar-refractivity contribution in [3.8, 4) is 0 Å². The van der Waals surface area contributed by atoms with Crippen molar-refractivity contribution >= 4 is 5.82 Å². The Hall–Kier alpha value is -1.85. The highest BCUT2D eigenvalue weighted by atomic mass is 15.4. The fourth-order valence-electron chi connectivity index (χ4n) is 1.19. The van der Waals surface area contributed by atoms with Gasteiger partial charge in [-0.3, -0.25) is 0 Å². The number of nitrogens with zero attached hydrogens (tertiary/aromatic N) is 4. The van der Waals surface area contributed by atoms with Crippen LogP contribution in [-0.2, 0) is 13.5 Å². The van der Waals surface area contributed by atoms with Crippen LogP contribution in [0, 0.1) is 0 Å². The Balaban J connectivity index is 1.81. The molecule has 6 heteroatoms. The molecule has 0 aliphatic rings.